The van der Waals surface area contributed by atoms with Gasteiger partial charge in [0.25, 0.3) is 5.79 Å². The molecule has 538 valence electrons. The Hall–Kier alpha value is -3.33. The predicted octanol–water partition coefficient (Wildman–Crippen LogP) is 3.74. The van der Waals surface area contributed by atoms with E-state index in [1.54, 1.807) is 0 Å². The SMILES string of the molecule is CCCCCCCCCCCCCCCCCCOC(=O)[C@H](COC(=O)CON(C)[C@@H]1O[C@H](CO)[C@@H](O[C@@H]2O[C@H](CO)[C@H](O)[C@H](O[C@]3(C(=O)O)C[C@H](O)[C@@H](NC(C)=O)[C@H]([C@H](O)[C@H](O)CO)O3)[C@H]2O)[C@H](O)[C@H]1O)NC(=O)CCCCCCCCCCCCCCCCC. The van der Waals surface area contributed by atoms with E-state index in [0.717, 1.165) is 63.4 Å². The molecule has 0 unspecified atom stereocenters. The number of likely N-dealkylation sites (N-methyl/N-ethyl adjacent to an activating group) is 1. The van der Waals surface area contributed by atoms with Gasteiger partial charge in [-0.15, -0.1) is 0 Å². The summed E-state index contributed by atoms with van der Waals surface area (Å²) >= 11 is 0. The number of nitrogens with one attached hydrogen (secondary N) is 2. The molecule has 0 aliphatic carbocycles. The summed E-state index contributed by atoms with van der Waals surface area (Å²) in [6.07, 6.45) is 7.90. The summed E-state index contributed by atoms with van der Waals surface area (Å²) in [6.45, 7) is 1.09. The average molecular weight is 1330 g/mol. The Bertz CT molecular complexity index is 2000. The summed E-state index contributed by atoms with van der Waals surface area (Å²) in [5.74, 6) is -8.09. The van der Waals surface area contributed by atoms with Crippen molar-refractivity contribution in [3.8, 4) is 0 Å². The van der Waals surface area contributed by atoms with E-state index in [9.17, 15) is 80.1 Å². The van der Waals surface area contributed by atoms with E-state index in [1.165, 1.54) is 142 Å². The molecule has 3 rings (SSSR count). The highest BCUT2D eigenvalue weighted by Gasteiger charge is 2.60. The number of carboxylic acids is 1. The maximum atomic E-state index is 13.4. The Kier molecular flexibility index (Phi) is 42.9. The number of esters is 2. The molecule has 0 aromatic carbocycles. The molecule has 3 heterocycles. The van der Waals surface area contributed by atoms with Crippen LogP contribution in [-0.2, 0) is 62.0 Å². The molecule has 0 aromatic rings. The van der Waals surface area contributed by atoms with Gasteiger partial charge in [-0.2, -0.15) is 5.06 Å². The molecule has 3 aliphatic heterocycles. The topological polar surface area (TPSA) is 409 Å². The molecule has 3 fully saturated rings. The van der Waals surface area contributed by atoms with Crippen molar-refractivity contribution in [2.24, 2.45) is 0 Å². The van der Waals surface area contributed by atoms with E-state index in [2.05, 4.69) is 24.5 Å². The number of unbranched alkanes of at least 4 members (excludes halogenated alkanes) is 29. The summed E-state index contributed by atoms with van der Waals surface area (Å²) < 4.78 is 39.5. The summed E-state index contributed by atoms with van der Waals surface area (Å²) in [5.41, 5.74) is 0. The second-order valence-electron chi connectivity index (χ2n) is 25.3. The third-order valence-electron chi connectivity index (χ3n) is 17.5. The van der Waals surface area contributed by atoms with E-state index < -0.39 is 173 Å². The molecule has 27 heteroatoms. The Morgan fingerprint density at radius 1 is 0.609 bits per heavy atom. The number of rotatable bonds is 52. The molecule has 2 amide bonds. The van der Waals surface area contributed by atoms with Crippen LogP contribution in [0.3, 0.4) is 0 Å². The fourth-order valence-corrected chi connectivity index (χ4v) is 11.9. The highest BCUT2D eigenvalue weighted by molar-refractivity contribution is 5.85. The average Bonchev–Trinajstić information content (AvgIpc) is 0.761. The lowest BCUT2D eigenvalue weighted by atomic mass is 9.88. The van der Waals surface area contributed by atoms with Crippen LogP contribution >= 0.6 is 0 Å². The second kappa shape index (κ2) is 47.6. The minimum Gasteiger partial charge on any atom is -0.477 e. The van der Waals surface area contributed by atoms with Gasteiger partial charge in [0.15, 0.2) is 25.2 Å². The van der Waals surface area contributed by atoms with Gasteiger partial charge in [0, 0.05) is 26.8 Å². The van der Waals surface area contributed by atoms with Crippen molar-refractivity contribution in [3.63, 3.8) is 0 Å². The first kappa shape index (κ1) is 82.9. The first-order chi connectivity index (χ1) is 44.2. The van der Waals surface area contributed by atoms with E-state index >= 15 is 0 Å². The molecule has 3 aliphatic rings. The van der Waals surface area contributed by atoms with Crippen molar-refractivity contribution in [2.45, 2.75) is 336 Å². The van der Waals surface area contributed by atoms with Crippen LogP contribution in [-0.4, -0.2) is 241 Å². The first-order valence-corrected chi connectivity index (χ1v) is 34.6. The number of nitrogens with zero attached hydrogens (tertiary/aromatic N) is 1. The Labute approximate surface area is 544 Å². The number of carbonyl (C=O) groups is 5. The predicted molar refractivity (Wildman–Crippen MR) is 334 cm³/mol. The van der Waals surface area contributed by atoms with Gasteiger partial charge >= 0.3 is 17.9 Å². The monoisotopic (exact) mass is 1330 g/mol. The minimum absolute atomic E-state index is 0.113. The summed E-state index contributed by atoms with van der Waals surface area (Å²) in [4.78, 5) is 70.3. The highest BCUT2D eigenvalue weighted by Crippen LogP contribution is 2.39. The van der Waals surface area contributed by atoms with Crippen molar-refractivity contribution in [2.75, 3.05) is 46.7 Å². The van der Waals surface area contributed by atoms with E-state index in [-0.39, 0.29) is 13.0 Å². The number of aliphatic hydroxyl groups is 10. The fraction of sp³-hybridized carbons (Fsp3) is 0.923. The lowest BCUT2D eigenvalue weighted by molar-refractivity contribution is -0.388. The van der Waals surface area contributed by atoms with Gasteiger partial charge in [-0.25, -0.2) is 14.4 Å². The van der Waals surface area contributed by atoms with Gasteiger partial charge in [0.2, 0.25) is 11.8 Å². The zero-order valence-electron chi connectivity index (χ0n) is 55.5. The standard InChI is InChI=1S/C65H119N3O24/c1-5-7-9-11-13-15-17-19-21-23-25-27-29-31-33-35-37-85-62(82)45(67-50(75)36-34-32-30-28-26-24-22-20-18-16-14-12-10-8-6-2)42-86-51(76)43-87-68(4)61-56(80)55(79)58(49(41-71)88-61)90-63-57(81)60(54(78)48(40-70)89-63)92-65(64(83)84)38-46(73)52(66-44(3)72)59(91-65)53(77)47(74)39-69/h45-49,52-61,63,69-71,73-74,77-81H,5-43H2,1-4H3,(H,66,72)(H,67,75)(H,83,84)/t45-,46-,47+,48+,49+,52+,53+,54-,55+,56+,57+,58+,59+,60-,61+,63-,65-/m0/s1. The fourth-order valence-electron chi connectivity index (χ4n) is 11.9. The molecule has 0 saturated carbocycles. The van der Waals surface area contributed by atoms with Crippen LogP contribution in [0.1, 0.15) is 233 Å². The number of hydrogen-bond acceptors (Lipinski definition) is 24. The second-order valence-corrected chi connectivity index (χ2v) is 25.3. The number of carbonyl (C=O) groups excluding carboxylic acids is 4. The molecule has 0 aromatic heterocycles. The zero-order valence-corrected chi connectivity index (χ0v) is 55.5. The maximum Gasteiger partial charge on any atom is 0.364 e. The molecule has 92 heavy (non-hydrogen) atoms. The van der Waals surface area contributed by atoms with E-state index in [4.69, 9.17) is 38.0 Å². The zero-order chi connectivity index (χ0) is 67.8. The van der Waals surface area contributed by atoms with Gasteiger partial charge in [0.05, 0.1) is 38.6 Å². The van der Waals surface area contributed by atoms with Crippen LogP contribution in [0.5, 0.6) is 0 Å². The highest BCUT2D eigenvalue weighted by atomic mass is 16.8. The van der Waals surface area contributed by atoms with Crippen LogP contribution in [0.15, 0.2) is 0 Å². The van der Waals surface area contributed by atoms with Crippen LogP contribution < -0.4 is 10.6 Å². The molecule has 27 nitrogen and oxygen atoms in total. The lowest BCUT2D eigenvalue weighted by Gasteiger charge is -2.51. The number of ether oxygens (including phenoxy) is 7. The number of amides is 2. The van der Waals surface area contributed by atoms with Crippen molar-refractivity contribution >= 4 is 29.7 Å². The maximum absolute atomic E-state index is 13.4. The van der Waals surface area contributed by atoms with Crippen LogP contribution in [0.2, 0.25) is 0 Å². The summed E-state index contributed by atoms with van der Waals surface area (Å²) in [7, 11) is 1.21. The molecule has 0 spiro atoms. The van der Waals surface area contributed by atoms with E-state index in [0.29, 0.717) is 12.8 Å². The molecule has 17 atom stereocenters. The molecule has 3 saturated heterocycles. The van der Waals surface area contributed by atoms with Crippen molar-refractivity contribution in [3.05, 3.63) is 0 Å². The third kappa shape index (κ3) is 30.0. The van der Waals surface area contributed by atoms with Gasteiger partial charge in [-0.05, 0) is 12.8 Å². The molecular weight excluding hydrogens is 1210 g/mol. The number of aliphatic carboxylic acids is 1. The number of hydrogen-bond donors (Lipinski definition) is 13. The van der Waals surface area contributed by atoms with Gasteiger partial charge < -0.3 is 100.0 Å². The smallest absolute Gasteiger partial charge is 0.364 e. The Morgan fingerprint density at radius 2 is 1.10 bits per heavy atom. The van der Waals surface area contributed by atoms with Gasteiger partial charge in [-0.1, -0.05) is 200 Å². The summed E-state index contributed by atoms with van der Waals surface area (Å²) in [5, 5.41) is 124. The number of aliphatic hydroxyl groups excluding tert-OH is 10. The first-order valence-electron chi connectivity index (χ1n) is 34.6. The largest absolute Gasteiger partial charge is 0.477 e. The van der Waals surface area contributed by atoms with Crippen LogP contribution in [0.4, 0.5) is 0 Å². The Morgan fingerprint density at radius 3 is 1.57 bits per heavy atom. The quantitative estimate of drug-likeness (QED) is 0.0234. The molecule has 0 bridgehead atoms. The van der Waals surface area contributed by atoms with E-state index in [1.807, 2.05) is 0 Å². The van der Waals surface area contributed by atoms with Crippen molar-refractivity contribution in [1.29, 1.82) is 0 Å². The lowest BCUT2D eigenvalue weighted by Crippen LogP contribution is -2.71. The minimum atomic E-state index is -3.11. The van der Waals surface area contributed by atoms with Crippen LogP contribution in [0.25, 0.3) is 0 Å². The molecule has 13 N–H and O–H groups in total. The van der Waals surface area contributed by atoms with Crippen molar-refractivity contribution < 1.29 is 118 Å². The third-order valence-corrected chi connectivity index (χ3v) is 17.5. The normalized spacial score (nSPS) is 27.7. The molecule has 0 radical (unpaired) electrons. The molecular formula is C65H119N3O24. The van der Waals surface area contributed by atoms with Crippen LogP contribution in [0, 0.1) is 0 Å². The summed E-state index contributed by atoms with van der Waals surface area (Å²) in [6, 6.07) is -2.93. The Balaban J connectivity index is 1.57. The van der Waals surface area contributed by atoms with Gasteiger partial charge in [-0.3, -0.25) is 14.4 Å². The van der Waals surface area contributed by atoms with Gasteiger partial charge in [0.1, 0.15) is 73.8 Å². The number of hydroxylamine groups is 2. The van der Waals surface area contributed by atoms with Crippen molar-refractivity contribution in [1.82, 2.24) is 15.7 Å². The number of carboxylic acid groups (broad SMARTS) is 1.